The van der Waals surface area contributed by atoms with Crippen molar-refractivity contribution in [1.82, 2.24) is 4.98 Å². The molecule has 2 nitrogen and oxygen atoms in total. The molecule has 0 amide bonds. The van der Waals surface area contributed by atoms with E-state index in [1.807, 2.05) is 12.1 Å². The lowest BCUT2D eigenvalue weighted by atomic mass is 10.1. The smallest absolute Gasteiger partial charge is 0.129 e. The Balaban J connectivity index is 2.46. The fourth-order valence-electron chi connectivity index (χ4n) is 2.65. The Labute approximate surface area is 133 Å². The lowest BCUT2D eigenvalue weighted by Gasteiger charge is -2.28. The lowest BCUT2D eigenvalue weighted by Crippen LogP contribution is -2.32. The molecule has 1 heterocycles. The number of benzene rings is 1. The van der Waals surface area contributed by atoms with Gasteiger partial charge in [-0.1, -0.05) is 45.9 Å². The van der Waals surface area contributed by atoms with Crippen molar-refractivity contribution in [1.29, 1.82) is 0 Å². The zero-order valence-corrected chi connectivity index (χ0v) is 14.2. The van der Waals surface area contributed by atoms with Crippen molar-refractivity contribution < 1.29 is 0 Å². The Morgan fingerprint density at radius 2 is 1.67 bits per heavy atom. The van der Waals surface area contributed by atoms with Gasteiger partial charge < -0.3 is 4.90 Å². The van der Waals surface area contributed by atoms with E-state index in [4.69, 9.17) is 16.6 Å². The number of hydrogen-bond donors (Lipinski definition) is 0. The average Bonchev–Trinajstić information content (AvgIpc) is 2.44. The molecule has 0 unspecified atom stereocenters. The van der Waals surface area contributed by atoms with Crippen LogP contribution in [0.5, 0.6) is 0 Å². The number of para-hydroxylation sites is 1. The minimum atomic E-state index is 0.521. The van der Waals surface area contributed by atoms with E-state index in [0.29, 0.717) is 17.7 Å². The monoisotopic (exact) mass is 304 g/mol. The van der Waals surface area contributed by atoms with Gasteiger partial charge in [0.15, 0.2) is 0 Å². The molecular formula is C18H25ClN2. The van der Waals surface area contributed by atoms with Crippen LogP contribution in [0.1, 0.15) is 33.3 Å². The van der Waals surface area contributed by atoms with Crippen LogP contribution < -0.4 is 4.90 Å². The third kappa shape index (κ3) is 4.10. The van der Waals surface area contributed by atoms with Crippen LogP contribution in [-0.2, 0) is 5.88 Å². The number of aromatic nitrogens is 1. The second-order valence-corrected chi connectivity index (χ2v) is 6.75. The fourth-order valence-corrected chi connectivity index (χ4v) is 2.87. The van der Waals surface area contributed by atoms with Crippen LogP contribution in [0.4, 0.5) is 5.82 Å². The molecule has 1 aromatic heterocycles. The van der Waals surface area contributed by atoms with Gasteiger partial charge in [0.2, 0.25) is 0 Å². The molecule has 0 saturated heterocycles. The molecule has 114 valence electrons. The summed E-state index contributed by atoms with van der Waals surface area (Å²) in [5.74, 6) is 2.78. The zero-order valence-electron chi connectivity index (χ0n) is 13.4. The molecule has 2 rings (SSSR count). The van der Waals surface area contributed by atoms with E-state index in [9.17, 15) is 0 Å². The molecule has 0 aliphatic carbocycles. The number of hydrogen-bond acceptors (Lipinski definition) is 2. The first-order chi connectivity index (χ1) is 10.0. The summed E-state index contributed by atoms with van der Waals surface area (Å²) < 4.78 is 0. The van der Waals surface area contributed by atoms with Gasteiger partial charge in [0, 0.05) is 24.4 Å². The fraction of sp³-hybridized carbons (Fsp3) is 0.500. The Morgan fingerprint density at radius 1 is 1.05 bits per heavy atom. The molecule has 0 bridgehead atoms. The molecule has 0 N–H and O–H groups in total. The van der Waals surface area contributed by atoms with Gasteiger partial charge in [-0.15, -0.1) is 11.6 Å². The first kappa shape index (κ1) is 16.1. The Bertz CT molecular complexity index is 583. The standard InChI is InChI=1S/C18H25ClN2/c1-13(2)11-21(12-14(3)4)18-9-15(10-19)16-7-5-6-8-17(16)20-18/h5-9,13-14H,10-12H2,1-4H3. The van der Waals surface area contributed by atoms with Gasteiger partial charge in [-0.2, -0.15) is 0 Å². The number of halogens is 1. The topological polar surface area (TPSA) is 16.1 Å². The summed E-state index contributed by atoms with van der Waals surface area (Å²) in [6, 6.07) is 10.4. The molecule has 0 atom stereocenters. The van der Waals surface area contributed by atoms with Crippen LogP contribution >= 0.6 is 11.6 Å². The molecule has 0 radical (unpaired) electrons. The van der Waals surface area contributed by atoms with Crippen LogP contribution in [-0.4, -0.2) is 18.1 Å². The Hall–Kier alpha value is -1.28. The zero-order chi connectivity index (χ0) is 15.4. The highest BCUT2D eigenvalue weighted by molar-refractivity contribution is 6.18. The van der Waals surface area contributed by atoms with Gasteiger partial charge in [-0.05, 0) is 29.5 Å². The van der Waals surface area contributed by atoms with Gasteiger partial charge in [0.05, 0.1) is 5.52 Å². The van der Waals surface area contributed by atoms with Crippen LogP contribution in [0.2, 0.25) is 0 Å². The van der Waals surface area contributed by atoms with Crippen molar-refractivity contribution in [2.45, 2.75) is 33.6 Å². The first-order valence-corrected chi connectivity index (χ1v) is 8.24. The van der Waals surface area contributed by atoms with Crippen molar-refractivity contribution in [3.63, 3.8) is 0 Å². The van der Waals surface area contributed by atoms with Gasteiger partial charge >= 0.3 is 0 Å². The SMILES string of the molecule is CC(C)CN(CC(C)C)c1cc(CCl)c2ccccc2n1. The summed E-state index contributed by atoms with van der Waals surface area (Å²) in [5.41, 5.74) is 2.19. The molecule has 0 aliphatic rings. The van der Waals surface area contributed by atoms with Gasteiger partial charge in [0.25, 0.3) is 0 Å². The summed E-state index contributed by atoms with van der Waals surface area (Å²) in [5, 5.41) is 1.16. The quantitative estimate of drug-likeness (QED) is 0.691. The second-order valence-electron chi connectivity index (χ2n) is 6.48. The van der Waals surface area contributed by atoms with Crippen molar-refractivity contribution >= 4 is 28.3 Å². The van der Waals surface area contributed by atoms with Gasteiger partial charge in [0.1, 0.15) is 5.82 Å². The molecule has 0 spiro atoms. The van der Waals surface area contributed by atoms with Crippen LogP contribution in [0.25, 0.3) is 10.9 Å². The summed E-state index contributed by atoms with van der Waals surface area (Å²) >= 11 is 6.15. The Morgan fingerprint density at radius 3 is 2.24 bits per heavy atom. The average molecular weight is 305 g/mol. The number of alkyl halides is 1. The molecular weight excluding hydrogens is 280 g/mol. The molecule has 2 aromatic rings. The number of pyridine rings is 1. The predicted molar refractivity (Wildman–Crippen MR) is 93.2 cm³/mol. The molecule has 1 aromatic carbocycles. The van der Waals surface area contributed by atoms with Gasteiger partial charge in [-0.3, -0.25) is 0 Å². The maximum Gasteiger partial charge on any atom is 0.129 e. The molecule has 21 heavy (non-hydrogen) atoms. The van der Waals surface area contributed by atoms with Crippen LogP contribution in [0.3, 0.4) is 0 Å². The maximum atomic E-state index is 6.15. The predicted octanol–water partition coefficient (Wildman–Crippen LogP) is 5.09. The minimum Gasteiger partial charge on any atom is -0.356 e. The van der Waals surface area contributed by atoms with Crippen molar-refractivity contribution in [2.24, 2.45) is 11.8 Å². The van der Waals surface area contributed by atoms with Crippen molar-refractivity contribution in [3.05, 3.63) is 35.9 Å². The largest absolute Gasteiger partial charge is 0.356 e. The lowest BCUT2D eigenvalue weighted by molar-refractivity contribution is 0.549. The summed E-state index contributed by atoms with van der Waals surface area (Å²) in [6.07, 6.45) is 0. The van der Waals surface area contributed by atoms with E-state index in [2.05, 4.69) is 50.8 Å². The number of anilines is 1. The highest BCUT2D eigenvalue weighted by Crippen LogP contribution is 2.25. The Kier molecular flexibility index (Phi) is 5.46. The number of rotatable bonds is 6. The third-order valence-corrected chi connectivity index (χ3v) is 3.72. The first-order valence-electron chi connectivity index (χ1n) is 7.70. The highest BCUT2D eigenvalue weighted by atomic mass is 35.5. The maximum absolute atomic E-state index is 6.15. The van der Waals surface area contributed by atoms with Crippen LogP contribution in [0, 0.1) is 11.8 Å². The van der Waals surface area contributed by atoms with Crippen molar-refractivity contribution in [2.75, 3.05) is 18.0 Å². The summed E-state index contributed by atoms with van der Waals surface area (Å²) in [7, 11) is 0. The number of nitrogens with zero attached hydrogens (tertiary/aromatic N) is 2. The highest BCUT2D eigenvalue weighted by Gasteiger charge is 2.14. The van der Waals surface area contributed by atoms with E-state index in [0.717, 1.165) is 35.4 Å². The molecule has 0 saturated carbocycles. The molecule has 0 aliphatic heterocycles. The van der Waals surface area contributed by atoms with E-state index in [-0.39, 0.29) is 0 Å². The van der Waals surface area contributed by atoms with E-state index >= 15 is 0 Å². The summed E-state index contributed by atoms with van der Waals surface area (Å²) in [6.45, 7) is 11.0. The third-order valence-electron chi connectivity index (χ3n) is 3.43. The van der Waals surface area contributed by atoms with Crippen molar-refractivity contribution in [3.8, 4) is 0 Å². The number of fused-ring (bicyclic) bond motifs is 1. The normalized spacial score (nSPS) is 11.6. The van der Waals surface area contributed by atoms with E-state index in [1.54, 1.807) is 0 Å². The molecule has 3 heteroatoms. The minimum absolute atomic E-state index is 0.521. The second kappa shape index (κ2) is 7.13. The molecule has 0 fully saturated rings. The summed E-state index contributed by atoms with van der Waals surface area (Å²) in [4.78, 5) is 7.24. The van der Waals surface area contributed by atoms with E-state index < -0.39 is 0 Å². The van der Waals surface area contributed by atoms with E-state index in [1.165, 1.54) is 0 Å². The van der Waals surface area contributed by atoms with Gasteiger partial charge in [-0.25, -0.2) is 4.98 Å². The van der Waals surface area contributed by atoms with Crippen LogP contribution in [0.15, 0.2) is 30.3 Å².